The summed E-state index contributed by atoms with van der Waals surface area (Å²) >= 11 is 1.06. The van der Waals surface area contributed by atoms with Crippen molar-refractivity contribution in [3.05, 3.63) is 45.1 Å². The molecule has 0 fully saturated rings. The first kappa shape index (κ1) is 16.0. The number of hydrogen-bond acceptors (Lipinski definition) is 8. The van der Waals surface area contributed by atoms with Crippen molar-refractivity contribution in [3.63, 3.8) is 0 Å². The summed E-state index contributed by atoms with van der Waals surface area (Å²) in [6, 6.07) is 3.03. The average Bonchev–Trinajstić information content (AvgIpc) is 3.22. The quantitative estimate of drug-likeness (QED) is 0.685. The molecule has 0 aliphatic carbocycles. The Morgan fingerprint density at radius 1 is 1.46 bits per heavy atom. The molecule has 24 heavy (non-hydrogen) atoms. The second-order valence-electron chi connectivity index (χ2n) is 4.93. The summed E-state index contributed by atoms with van der Waals surface area (Å²) in [4.78, 5) is 30.6. The molecule has 0 saturated heterocycles. The minimum absolute atomic E-state index is 0.0818. The molecule has 0 unspecified atom stereocenters. The van der Waals surface area contributed by atoms with Crippen molar-refractivity contribution in [2.45, 2.75) is 26.3 Å². The van der Waals surface area contributed by atoms with Crippen molar-refractivity contribution < 1.29 is 9.32 Å². The van der Waals surface area contributed by atoms with Crippen molar-refractivity contribution in [2.24, 2.45) is 0 Å². The van der Waals surface area contributed by atoms with E-state index in [9.17, 15) is 9.59 Å². The zero-order valence-electron chi connectivity index (χ0n) is 12.8. The Hall–Kier alpha value is -2.88. The van der Waals surface area contributed by atoms with Crippen molar-refractivity contribution in [1.82, 2.24) is 30.0 Å². The number of pyridine rings is 1. The molecule has 0 bridgehead atoms. The minimum atomic E-state index is -0.274. The highest BCUT2D eigenvalue weighted by atomic mass is 32.1. The Kier molecular flexibility index (Phi) is 4.75. The number of aromatic amines is 1. The van der Waals surface area contributed by atoms with Crippen LogP contribution in [0.2, 0.25) is 0 Å². The van der Waals surface area contributed by atoms with Crippen LogP contribution in [-0.2, 0) is 13.0 Å². The van der Waals surface area contributed by atoms with Crippen LogP contribution in [0.1, 0.15) is 34.6 Å². The van der Waals surface area contributed by atoms with Gasteiger partial charge in [0.2, 0.25) is 17.3 Å². The first-order valence-corrected chi connectivity index (χ1v) is 8.06. The van der Waals surface area contributed by atoms with Crippen LogP contribution in [0, 0.1) is 0 Å². The lowest BCUT2D eigenvalue weighted by Crippen LogP contribution is -2.23. The maximum Gasteiger partial charge on any atom is 0.265 e. The highest BCUT2D eigenvalue weighted by molar-refractivity contribution is 7.08. The van der Waals surface area contributed by atoms with Crippen LogP contribution >= 0.6 is 11.5 Å². The lowest BCUT2D eigenvalue weighted by Gasteiger charge is -2.00. The molecule has 0 atom stereocenters. The Balaban J connectivity index is 1.66. The molecule has 3 rings (SSSR count). The fraction of sp³-hybridized carbons (Fsp3) is 0.286. The van der Waals surface area contributed by atoms with Crippen molar-refractivity contribution in [3.8, 4) is 11.4 Å². The van der Waals surface area contributed by atoms with E-state index < -0.39 is 0 Å². The Morgan fingerprint density at radius 3 is 3.12 bits per heavy atom. The van der Waals surface area contributed by atoms with E-state index in [1.807, 2.05) is 6.92 Å². The van der Waals surface area contributed by atoms with Gasteiger partial charge in [-0.15, -0.1) is 5.10 Å². The fourth-order valence-electron chi connectivity index (χ4n) is 2.05. The summed E-state index contributed by atoms with van der Waals surface area (Å²) in [6.45, 7) is 2.09. The number of H-pyrrole nitrogens is 1. The summed E-state index contributed by atoms with van der Waals surface area (Å²) < 4.78 is 8.90. The summed E-state index contributed by atoms with van der Waals surface area (Å²) in [7, 11) is 0. The van der Waals surface area contributed by atoms with E-state index in [0.717, 1.165) is 18.0 Å². The second-order valence-corrected chi connectivity index (χ2v) is 5.69. The van der Waals surface area contributed by atoms with E-state index >= 15 is 0 Å². The molecule has 1 amide bonds. The van der Waals surface area contributed by atoms with Crippen LogP contribution in [0.15, 0.2) is 27.6 Å². The summed E-state index contributed by atoms with van der Waals surface area (Å²) in [6.07, 6.45) is 3.09. The Morgan fingerprint density at radius 2 is 2.33 bits per heavy atom. The smallest absolute Gasteiger partial charge is 0.265 e. The molecule has 2 N–H and O–H groups in total. The number of aryl methyl sites for hydroxylation is 1. The Bertz CT molecular complexity index is 900. The number of amides is 1. The summed E-state index contributed by atoms with van der Waals surface area (Å²) in [5.74, 6) is 0.258. The molecule has 0 aromatic carbocycles. The van der Waals surface area contributed by atoms with E-state index in [-0.39, 0.29) is 29.7 Å². The van der Waals surface area contributed by atoms with Gasteiger partial charge in [-0.1, -0.05) is 23.0 Å². The molecule has 3 heterocycles. The molecule has 10 heteroatoms. The molecule has 0 saturated carbocycles. The molecule has 9 nitrogen and oxygen atoms in total. The average molecular weight is 346 g/mol. The van der Waals surface area contributed by atoms with Crippen molar-refractivity contribution in [2.75, 3.05) is 0 Å². The van der Waals surface area contributed by atoms with Gasteiger partial charge >= 0.3 is 0 Å². The number of carbonyl (C=O) groups excluding carboxylic acids is 1. The van der Waals surface area contributed by atoms with E-state index in [1.165, 1.54) is 12.3 Å². The first-order valence-electron chi connectivity index (χ1n) is 7.28. The maximum absolute atomic E-state index is 12.2. The van der Waals surface area contributed by atoms with Gasteiger partial charge in [0.1, 0.15) is 4.88 Å². The number of nitrogens with zero attached hydrogens (tertiary/aromatic N) is 4. The lowest BCUT2D eigenvalue weighted by molar-refractivity contribution is 0.0949. The van der Waals surface area contributed by atoms with E-state index in [2.05, 4.69) is 30.0 Å². The lowest BCUT2D eigenvalue weighted by atomic mass is 10.2. The van der Waals surface area contributed by atoms with Gasteiger partial charge in [-0.2, -0.15) is 4.98 Å². The number of carbonyl (C=O) groups is 1. The van der Waals surface area contributed by atoms with Crippen LogP contribution in [-0.4, -0.2) is 30.6 Å². The first-order chi connectivity index (χ1) is 11.7. The van der Waals surface area contributed by atoms with Gasteiger partial charge in [-0.3, -0.25) is 9.59 Å². The maximum atomic E-state index is 12.2. The largest absolute Gasteiger partial charge is 0.342 e. The standard InChI is InChI=1S/C14H14N6O3S/c1-2-3-9-12(24-20-18-9)14(22)16-7-11-17-13(19-23-11)8-4-5-15-10(21)6-8/h4-6H,2-3,7H2,1H3,(H,15,21)(H,16,22). The normalized spacial score (nSPS) is 10.7. The van der Waals surface area contributed by atoms with E-state index in [4.69, 9.17) is 4.52 Å². The topological polar surface area (TPSA) is 127 Å². The van der Waals surface area contributed by atoms with Gasteiger partial charge in [-0.05, 0) is 24.0 Å². The predicted molar refractivity (Wildman–Crippen MR) is 85.4 cm³/mol. The molecular formula is C14H14N6O3S. The number of hydrogen-bond donors (Lipinski definition) is 2. The minimum Gasteiger partial charge on any atom is -0.342 e. The third kappa shape index (κ3) is 3.54. The van der Waals surface area contributed by atoms with Crippen LogP contribution in [0.4, 0.5) is 0 Å². The number of rotatable bonds is 6. The molecule has 3 aromatic heterocycles. The van der Waals surface area contributed by atoms with Gasteiger partial charge in [0.05, 0.1) is 12.2 Å². The highest BCUT2D eigenvalue weighted by Crippen LogP contribution is 2.14. The third-order valence-corrected chi connectivity index (χ3v) is 3.92. The SMILES string of the molecule is CCCc1nnsc1C(=O)NCc1nc(-c2cc[nH]c(=O)c2)no1. The van der Waals surface area contributed by atoms with E-state index in [1.54, 1.807) is 6.07 Å². The number of aromatic nitrogens is 5. The van der Waals surface area contributed by atoms with Crippen molar-refractivity contribution in [1.29, 1.82) is 0 Å². The van der Waals surface area contributed by atoms with Crippen molar-refractivity contribution >= 4 is 17.4 Å². The fourth-order valence-corrected chi connectivity index (χ4v) is 2.67. The molecule has 0 aliphatic rings. The molecule has 124 valence electrons. The van der Waals surface area contributed by atoms with Gasteiger partial charge in [0.15, 0.2) is 0 Å². The van der Waals surface area contributed by atoms with Gasteiger partial charge in [0.25, 0.3) is 5.91 Å². The third-order valence-electron chi connectivity index (χ3n) is 3.15. The molecule has 3 aromatic rings. The zero-order chi connectivity index (χ0) is 16.9. The summed E-state index contributed by atoms with van der Waals surface area (Å²) in [5, 5.41) is 10.5. The van der Waals surface area contributed by atoms with Crippen LogP contribution in [0.5, 0.6) is 0 Å². The van der Waals surface area contributed by atoms with Crippen LogP contribution < -0.4 is 10.9 Å². The van der Waals surface area contributed by atoms with E-state index in [0.29, 0.717) is 22.6 Å². The zero-order valence-corrected chi connectivity index (χ0v) is 13.6. The molecule has 0 aliphatic heterocycles. The van der Waals surface area contributed by atoms with Gasteiger partial charge in [0, 0.05) is 17.8 Å². The second kappa shape index (κ2) is 7.13. The summed E-state index contributed by atoms with van der Waals surface area (Å²) in [5.41, 5.74) is 0.972. The monoisotopic (exact) mass is 346 g/mol. The van der Waals surface area contributed by atoms with Crippen LogP contribution in [0.3, 0.4) is 0 Å². The Labute approximate surface area is 140 Å². The number of nitrogens with one attached hydrogen (secondary N) is 2. The molecule has 0 spiro atoms. The van der Waals surface area contributed by atoms with Gasteiger partial charge in [-0.25, -0.2) is 0 Å². The highest BCUT2D eigenvalue weighted by Gasteiger charge is 2.17. The van der Waals surface area contributed by atoms with Gasteiger partial charge < -0.3 is 14.8 Å². The predicted octanol–water partition coefficient (Wildman–Crippen LogP) is 1.16. The molecular weight excluding hydrogens is 332 g/mol. The molecule has 0 radical (unpaired) electrons. The van der Waals surface area contributed by atoms with Crippen LogP contribution in [0.25, 0.3) is 11.4 Å².